The monoisotopic (exact) mass is 264 g/mol. The molecule has 1 heterocycles. The van der Waals surface area contributed by atoms with Crippen molar-refractivity contribution in [2.45, 2.75) is 46.6 Å². The predicted molar refractivity (Wildman–Crippen MR) is 79.0 cm³/mol. The summed E-state index contributed by atoms with van der Waals surface area (Å²) < 4.78 is 13.8. The number of hydrogen-bond acceptors (Lipinski definition) is 2. The molecule has 106 valence electrons. The average Bonchev–Trinajstić information content (AvgIpc) is 2.30. The van der Waals surface area contributed by atoms with E-state index in [1.807, 2.05) is 19.9 Å². The van der Waals surface area contributed by atoms with Gasteiger partial charge in [0.15, 0.2) is 0 Å². The fourth-order valence-electron chi connectivity index (χ4n) is 2.95. The third-order valence-electron chi connectivity index (χ3n) is 4.04. The Hall–Kier alpha value is -1.09. The van der Waals surface area contributed by atoms with Gasteiger partial charge in [-0.1, -0.05) is 13.8 Å². The van der Waals surface area contributed by atoms with E-state index in [1.54, 1.807) is 6.07 Å². The molecular weight excluding hydrogens is 239 g/mol. The predicted octanol–water partition coefficient (Wildman–Crippen LogP) is 3.78. The second-order valence-electron chi connectivity index (χ2n) is 6.64. The van der Waals surface area contributed by atoms with Crippen molar-refractivity contribution in [3.8, 4) is 0 Å². The van der Waals surface area contributed by atoms with Crippen LogP contribution in [0.5, 0.6) is 0 Å². The van der Waals surface area contributed by atoms with Crippen LogP contribution in [0.2, 0.25) is 0 Å². The second-order valence-corrected chi connectivity index (χ2v) is 6.64. The Balaban J connectivity index is 2.40. The van der Waals surface area contributed by atoms with E-state index in [1.165, 1.54) is 12.8 Å². The van der Waals surface area contributed by atoms with Crippen LogP contribution in [0, 0.1) is 18.2 Å². The van der Waals surface area contributed by atoms with Gasteiger partial charge in [-0.15, -0.1) is 0 Å². The van der Waals surface area contributed by atoms with Gasteiger partial charge in [-0.05, 0) is 55.4 Å². The van der Waals surface area contributed by atoms with Gasteiger partial charge >= 0.3 is 0 Å². The summed E-state index contributed by atoms with van der Waals surface area (Å²) in [6.45, 7) is 10.4. The molecule has 0 aliphatic carbocycles. The molecule has 0 spiro atoms. The van der Waals surface area contributed by atoms with Gasteiger partial charge in [0.05, 0.1) is 0 Å². The Morgan fingerprint density at radius 1 is 1.37 bits per heavy atom. The van der Waals surface area contributed by atoms with Crippen LogP contribution in [0.3, 0.4) is 0 Å². The molecule has 1 aromatic rings. The molecule has 19 heavy (non-hydrogen) atoms. The zero-order chi connectivity index (χ0) is 14.2. The molecule has 1 atom stereocenters. The summed E-state index contributed by atoms with van der Waals surface area (Å²) in [6.07, 6.45) is 2.43. The highest BCUT2D eigenvalue weighted by Gasteiger charge is 2.28. The molecule has 0 amide bonds. The van der Waals surface area contributed by atoms with Crippen molar-refractivity contribution in [3.63, 3.8) is 0 Å². The molecule has 3 heteroatoms. The average molecular weight is 264 g/mol. The van der Waals surface area contributed by atoms with E-state index in [0.717, 1.165) is 24.3 Å². The summed E-state index contributed by atoms with van der Waals surface area (Å²) in [4.78, 5) is 2.37. The van der Waals surface area contributed by atoms with Crippen molar-refractivity contribution in [2.24, 2.45) is 11.1 Å². The van der Waals surface area contributed by atoms with E-state index in [4.69, 9.17) is 5.73 Å². The first-order valence-corrected chi connectivity index (χ1v) is 7.11. The highest BCUT2D eigenvalue weighted by atomic mass is 19.1. The molecule has 1 aromatic carbocycles. The lowest BCUT2D eigenvalue weighted by molar-refractivity contribution is 0.292. The zero-order valence-electron chi connectivity index (χ0n) is 12.5. The van der Waals surface area contributed by atoms with E-state index in [0.29, 0.717) is 11.0 Å². The van der Waals surface area contributed by atoms with Crippen LogP contribution in [-0.2, 0) is 0 Å². The summed E-state index contributed by atoms with van der Waals surface area (Å²) in [6, 6.07) is 3.42. The molecule has 0 bridgehead atoms. The molecule has 2 nitrogen and oxygen atoms in total. The first-order chi connectivity index (χ1) is 8.80. The van der Waals surface area contributed by atoms with E-state index < -0.39 is 0 Å². The lowest BCUT2D eigenvalue weighted by Crippen LogP contribution is -2.40. The number of aryl methyl sites for hydroxylation is 1. The quantitative estimate of drug-likeness (QED) is 0.880. The minimum absolute atomic E-state index is 0.143. The van der Waals surface area contributed by atoms with Gasteiger partial charge in [-0.25, -0.2) is 4.39 Å². The molecule has 2 rings (SSSR count). The van der Waals surface area contributed by atoms with E-state index in [-0.39, 0.29) is 11.9 Å². The highest BCUT2D eigenvalue weighted by molar-refractivity contribution is 5.57. The van der Waals surface area contributed by atoms with Gasteiger partial charge in [-0.3, -0.25) is 0 Å². The largest absolute Gasteiger partial charge is 0.371 e. The van der Waals surface area contributed by atoms with Gasteiger partial charge in [0.25, 0.3) is 0 Å². The highest BCUT2D eigenvalue weighted by Crippen LogP contribution is 2.35. The van der Waals surface area contributed by atoms with Crippen molar-refractivity contribution in [2.75, 3.05) is 18.0 Å². The molecule has 2 N–H and O–H groups in total. The molecule has 0 radical (unpaired) electrons. The summed E-state index contributed by atoms with van der Waals surface area (Å²) in [5.74, 6) is -0.160. The lowest BCUT2D eigenvalue weighted by atomic mass is 9.83. The topological polar surface area (TPSA) is 29.3 Å². The molecule has 0 saturated carbocycles. The maximum absolute atomic E-state index is 13.8. The molecular formula is C16H25FN2. The number of nitrogens with two attached hydrogens (primary N) is 1. The number of anilines is 1. The minimum atomic E-state index is -0.160. The van der Waals surface area contributed by atoms with Crippen molar-refractivity contribution >= 4 is 5.69 Å². The van der Waals surface area contributed by atoms with Crippen LogP contribution in [0.1, 0.15) is 50.8 Å². The van der Waals surface area contributed by atoms with Crippen LogP contribution in [0.4, 0.5) is 10.1 Å². The Morgan fingerprint density at radius 3 is 2.63 bits per heavy atom. The molecule has 0 aromatic heterocycles. The van der Waals surface area contributed by atoms with Crippen LogP contribution < -0.4 is 10.6 Å². The Kier molecular flexibility index (Phi) is 3.86. The maximum atomic E-state index is 13.8. The number of hydrogen-bond donors (Lipinski definition) is 1. The van der Waals surface area contributed by atoms with E-state index in [2.05, 4.69) is 18.7 Å². The van der Waals surface area contributed by atoms with Crippen LogP contribution in [0.25, 0.3) is 0 Å². The Labute approximate surface area is 115 Å². The summed E-state index contributed by atoms with van der Waals surface area (Å²) in [5, 5.41) is 0. The second kappa shape index (κ2) is 5.12. The smallest absolute Gasteiger partial charge is 0.126 e. The van der Waals surface area contributed by atoms with Crippen LogP contribution >= 0.6 is 0 Å². The van der Waals surface area contributed by atoms with Crippen molar-refractivity contribution in [1.29, 1.82) is 0 Å². The number of rotatable bonds is 2. The van der Waals surface area contributed by atoms with Crippen molar-refractivity contribution in [1.82, 2.24) is 0 Å². The minimum Gasteiger partial charge on any atom is -0.371 e. The number of benzene rings is 1. The molecule has 1 aliphatic heterocycles. The van der Waals surface area contributed by atoms with Gasteiger partial charge < -0.3 is 10.6 Å². The third kappa shape index (κ3) is 3.08. The van der Waals surface area contributed by atoms with E-state index in [9.17, 15) is 4.39 Å². The third-order valence-corrected chi connectivity index (χ3v) is 4.04. The fourth-order valence-corrected chi connectivity index (χ4v) is 2.95. The summed E-state index contributed by atoms with van der Waals surface area (Å²) in [5.41, 5.74) is 9.06. The molecule has 0 unspecified atom stereocenters. The molecule has 1 aliphatic rings. The van der Waals surface area contributed by atoms with Crippen LogP contribution in [-0.4, -0.2) is 13.1 Å². The van der Waals surface area contributed by atoms with Gasteiger partial charge in [0.1, 0.15) is 5.82 Å². The number of piperidine rings is 1. The first-order valence-electron chi connectivity index (χ1n) is 7.11. The number of nitrogens with zero attached hydrogens (tertiary/aromatic N) is 1. The Bertz CT molecular complexity index is 466. The van der Waals surface area contributed by atoms with Crippen LogP contribution in [0.15, 0.2) is 12.1 Å². The molecule has 1 saturated heterocycles. The van der Waals surface area contributed by atoms with Crippen molar-refractivity contribution < 1.29 is 4.39 Å². The standard InChI is InChI=1S/C16H25FN2/c1-11-8-15(13(12(2)18)9-14(11)17)19-7-5-6-16(3,4)10-19/h8-9,12H,5-7,10,18H2,1-4H3/t12-/m1/s1. The Morgan fingerprint density at radius 2 is 2.05 bits per heavy atom. The zero-order valence-corrected chi connectivity index (χ0v) is 12.5. The summed E-state index contributed by atoms with van der Waals surface area (Å²) >= 11 is 0. The maximum Gasteiger partial charge on any atom is 0.126 e. The molecule has 1 fully saturated rings. The van der Waals surface area contributed by atoms with Gasteiger partial charge in [0, 0.05) is 24.8 Å². The lowest BCUT2D eigenvalue weighted by Gasteiger charge is -2.40. The summed E-state index contributed by atoms with van der Waals surface area (Å²) in [7, 11) is 0. The number of halogens is 1. The van der Waals surface area contributed by atoms with Crippen molar-refractivity contribution in [3.05, 3.63) is 29.1 Å². The fraction of sp³-hybridized carbons (Fsp3) is 0.625. The first kappa shape index (κ1) is 14.3. The van der Waals surface area contributed by atoms with E-state index >= 15 is 0 Å². The van der Waals surface area contributed by atoms with Gasteiger partial charge in [0.2, 0.25) is 0 Å². The van der Waals surface area contributed by atoms with Gasteiger partial charge in [-0.2, -0.15) is 0 Å². The SMILES string of the molecule is Cc1cc(N2CCCC(C)(C)C2)c([C@@H](C)N)cc1F. The normalized spacial score (nSPS) is 20.4.